The Balaban J connectivity index is 2.51. The Labute approximate surface area is 123 Å². The molecule has 0 aliphatic heterocycles. The van der Waals surface area contributed by atoms with Crippen molar-refractivity contribution in [1.29, 1.82) is 0 Å². The molecule has 9 heteroatoms. The molecule has 0 fully saturated rings. The van der Waals surface area contributed by atoms with Crippen molar-refractivity contribution in [1.82, 2.24) is 20.6 Å². The van der Waals surface area contributed by atoms with E-state index in [0.717, 1.165) is 25.1 Å². The second-order valence-electron chi connectivity index (χ2n) is 4.72. The van der Waals surface area contributed by atoms with Crippen LogP contribution in [0.1, 0.15) is 25.3 Å². The van der Waals surface area contributed by atoms with Gasteiger partial charge in [0.05, 0.1) is 4.90 Å². The maximum absolute atomic E-state index is 11.6. The molecule has 114 valence electrons. The first-order valence-corrected chi connectivity index (χ1v) is 8.13. The van der Waals surface area contributed by atoms with Crippen LogP contribution in [0.2, 0.25) is 0 Å². The van der Waals surface area contributed by atoms with Crippen LogP contribution in [0.15, 0.2) is 17.0 Å². The van der Waals surface area contributed by atoms with Crippen molar-refractivity contribution in [3.05, 3.63) is 17.7 Å². The van der Waals surface area contributed by atoms with Gasteiger partial charge in [0.1, 0.15) is 0 Å². The van der Waals surface area contributed by atoms with Crippen LogP contribution in [-0.2, 0) is 10.0 Å². The van der Waals surface area contributed by atoms with Gasteiger partial charge < -0.3 is 5.32 Å². The van der Waals surface area contributed by atoms with Crippen LogP contribution in [-0.4, -0.2) is 35.6 Å². The molecule has 0 amide bonds. The molecule has 1 heterocycles. The topological polar surface area (TPSA) is 127 Å². The van der Waals surface area contributed by atoms with E-state index < -0.39 is 10.0 Å². The monoisotopic (exact) mass is 310 g/mol. The number of rotatable bonds is 6. The lowest BCUT2D eigenvalue weighted by Gasteiger charge is -2.13. The predicted octanol–water partition coefficient (Wildman–Crippen LogP) is 1.03. The Kier molecular flexibility index (Phi) is 4.53. The lowest BCUT2D eigenvalue weighted by molar-refractivity contribution is 0.597. The second-order valence-corrected chi connectivity index (χ2v) is 6.25. The summed E-state index contributed by atoms with van der Waals surface area (Å²) in [5.74, 6) is 0.318. The van der Waals surface area contributed by atoms with Crippen LogP contribution >= 0.6 is 0 Å². The fraction of sp³-hybridized carbons (Fsp3) is 0.417. The number of aromatic amines is 1. The highest BCUT2D eigenvalue weighted by molar-refractivity contribution is 7.89. The lowest BCUT2D eigenvalue weighted by Crippen LogP contribution is -2.14. The normalized spacial score (nSPS) is 11.6. The maximum Gasteiger partial charge on any atom is 0.238 e. The number of unbranched alkanes of at least 4 members (excludes halogenated alkanes) is 1. The fourth-order valence-corrected chi connectivity index (χ4v) is 2.79. The maximum atomic E-state index is 11.6. The van der Waals surface area contributed by atoms with E-state index in [1.165, 1.54) is 6.07 Å². The first-order chi connectivity index (χ1) is 9.93. The Bertz CT molecular complexity index is 712. The van der Waals surface area contributed by atoms with E-state index in [0.29, 0.717) is 17.0 Å². The minimum Gasteiger partial charge on any atom is -0.384 e. The number of hydrogen-bond donors (Lipinski definition) is 3. The van der Waals surface area contributed by atoms with Crippen molar-refractivity contribution in [2.45, 2.75) is 31.6 Å². The van der Waals surface area contributed by atoms with Crippen molar-refractivity contribution < 1.29 is 8.42 Å². The molecule has 0 spiro atoms. The number of aryl methyl sites for hydroxylation is 1. The molecule has 0 saturated heterocycles. The summed E-state index contributed by atoms with van der Waals surface area (Å²) in [5, 5.41) is 22.2. The largest absolute Gasteiger partial charge is 0.384 e. The van der Waals surface area contributed by atoms with Crippen molar-refractivity contribution >= 4 is 15.7 Å². The van der Waals surface area contributed by atoms with Gasteiger partial charge in [-0.1, -0.05) is 13.3 Å². The number of H-pyrrole nitrogens is 1. The molecule has 2 rings (SSSR count). The summed E-state index contributed by atoms with van der Waals surface area (Å²) in [6.07, 6.45) is 2.06. The van der Waals surface area contributed by atoms with Crippen molar-refractivity contribution in [3.63, 3.8) is 0 Å². The Morgan fingerprint density at radius 2 is 2.14 bits per heavy atom. The molecule has 0 unspecified atom stereocenters. The van der Waals surface area contributed by atoms with Gasteiger partial charge in [-0.2, -0.15) is 5.21 Å². The minimum absolute atomic E-state index is 0.0586. The van der Waals surface area contributed by atoms with E-state index in [-0.39, 0.29) is 4.90 Å². The van der Waals surface area contributed by atoms with Crippen LogP contribution in [0.5, 0.6) is 0 Å². The first kappa shape index (κ1) is 15.4. The zero-order chi connectivity index (χ0) is 15.5. The van der Waals surface area contributed by atoms with Crippen LogP contribution < -0.4 is 10.5 Å². The molecule has 1 aromatic carbocycles. The van der Waals surface area contributed by atoms with Gasteiger partial charge in [-0.3, -0.25) is 0 Å². The quantitative estimate of drug-likeness (QED) is 0.684. The number of tetrazole rings is 1. The third-order valence-electron chi connectivity index (χ3n) is 3.05. The van der Waals surface area contributed by atoms with Gasteiger partial charge >= 0.3 is 0 Å². The Morgan fingerprint density at radius 3 is 2.71 bits per heavy atom. The van der Waals surface area contributed by atoms with Crippen LogP contribution in [0.25, 0.3) is 11.4 Å². The average molecular weight is 310 g/mol. The van der Waals surface area contributed by atoms with E-state index >= 15 is 0 Å². The molecule has 0 atom stereocenters. The summed E-state index contributed by atoms with van der Waals surface area (Å²) in [7, 11) is -3.80. The molecule has 1 aromatic heterocycles. The molecule has 2 aromatic rings. The number of primary sulfonamides is 1. The summed E-state index contributed by atoms with van der Waals surface area (Å²) in [6.45, 7) is 4.57. The van der Waals surface area contributed by atoms with E-state index in [1.54, 1.807) is 13.0 Å². The SMILES string of the molecule is CCCCNc1cc(C)c(S(N)(=O)=O)cc1-c1nn[nH]n1. The van der Waals surface area contributed by atoms with E-state index in [1.807, 2.05) is 0 Å². The Hall–Kier alpha value is -2.00. The van der Waals surface area contributed by atoms with Gasteiger partial charge in [0.25, 0.3) is 0 Å². The highest BCUT2D eigenvalue weighted by atomic mass is 32.2. The molecule has 8 nitrogen and oxygen atoms in total. The summed E-state index contributed by atoms with van der Waals surface area (Å²) < 4.78 is 23.3. The zero-order valence-electron chi connectivity index (χ0n) is 11.9. The number of nitrogens with zero attached hydrogens (tertiary/aromatic N) is 3. The van der Waals surface area contributed by atoms with Crippen molar-refractivity contribution in [2.24, 2.45) is 5.14 Å². The summed E-state index contributed by atoms with van der Waals surface area (Å²) in [4.78, 5) is 0.0586. The fourth-order valence-electron chi connectivity index (χ4n) is 2.00. The number of hydrogen-bond acceptors (Lipinski definition) is 6. The van der Waals surface area contributed by atoms with E-state index in [2.05, 4.69) is 32.9 Å². The molecule has 0 aliphatic rings. The molecule has 0 saturated carbocycles. The van der Waals surface area contributed by atoms with Gasteiger partial charge in [0.15, 0.2) is 0 Å². The molecule has 21 heavy (non-hydrogen) atoms. The zero-order valence-corrected chi connectivity index (χ0v) is 12.7. The summed E-state index contributed by atoms with van der Waals surface area (Å²) in [5.41, 5.74) is 1.88. The molecular formula is C12H18N6O2S. The number of nitrogens with two attached hydrogens (primary N) is 1. The number of aromatic nitrogens is 4. The van der Waals surface area contributed by atoms with E-state index in [4.69, 9.17) is 5.14 Å². The lowest BCUT2D eigenvalue weighted by atomic mass is 10.1. The van der Waals surface area contributed by atoms with E-state index in [9.17, 15) is 8.42 Å². The van der Waals surface area contributed by atoms with Gasteiger partial charge in [-0.05, 0) is 36.3 Å². The van der Waals surface area contributed by atoms with Gasteiger partial charge in [0, 0.05) is 17.8 Å². The van der Waals surface area contributed by atoms with Gasteiger partial charge in [-0.15, -0.1) is 10.2 Å². The van der Waals surface area contributed by atoms with Gasteiger partial charge in [0.2, 0.25) is 15.8 Å². The number of anilines is 1. The standard InChI is InChI=1S/C12H18N6O2S/c1-3-4-5-14-10-6-8(2)11(21(13,19)20)7-9(10)12-15-17-18-16-12/h6-7,14H,3-5H2,1-2H3,(H2,13,19,20)(H,15,16,17,18). The average Bonchev–Trinajstić information content (AvgIpc) is 2.91. The smallest absolute Gasteiger partial charge is 0.238 e. The molecule has 0 aliphatic carbocycles. The molecule has 0 radical (unpaired) electrons. The third kappa shape index (κ3) is 3.56. The first-order valence-electron chi connectivity index (χ1n) is 6.58. The van der Waals surface area contributed by atoms with Crippen LogP contribution in [0.3, 0.4) is 0 Å². The third-order valence-corrected chi connectivity index (χ3v) is 4.11. The second kappa shape index (κ2) is 6.19. The number of sulfonamides is 1. The van der Waals surface area contributed by atoms with Crippen molar-refractivity contribution in [2.75, 3.05) is 11.9 Å². The molecule has 0 bridgehead atoms. The van der Waals surface area contributed by atoms with Crippen molar-refractivity contribution in [3.8, 4) is 11.4 Å². The van der Waals surface area contributed by atoms with Gasteiger partial charge in [-0.25, -0.2) is 13.6 Å². The summed E-state index contributed by atoms with van der Waals surface area (Å²) >= 11 is 0. The summed E-state index contributed by atoms with van der Waals surface area (Å²) in [6, 6.07) is 3.21. The highest BCUT2D eigenvalue weighted by Crippen LogP contribution is 2.30. The van der Waals surface area contributed by atoms with Crippen LogP contribution in [0, 0.1) is 6.92 Å². The molecule has 4 N–H and O–H groups in total. The number of nitrogens with one attached hydrogen (secondary N) is 2. The predicted molar refractivity (Wildman–Crippen MR) is 79.1 cm³/mol. The van der Waals surface area contributed by atoms with Crippen LogP contribution in [0.4, 0.5) is 5.69 Å². The molecular weight excluding hydrogens is 292 g/mol. The highest BCUT2D eigenvalue weighted by Gasteiger charge is 2.18. The number of benzene rings is 1. The minimum atomic E-state index is -3.80. The Morgan fingerprint density at radius 1 is 1.38 bits per heavy atom.